The Morgan fingerprint density at radius 3 is 2.57 bits per heavy atom. The van der Waals surface area contributed by atoms with Crippen molar-refractivity contribution < 1.29 is 14.8 Å². The Morgan fingerprint density at radius 1 is 1.19 bits per heavy atom. The van der Waals surface area contributed by atoms with Crippen molar-refractivity contribution in [3.63, 3.8) is 0 Å². The van der Waals surface area contributed by atoms with E-state index in [1.54, 1.807) is 12.2 Å². The molecule has 0 aliphatic rings. The van der Waals surface area contributed by atoms with E-state index in [2.05, 4.69) is 21.2 Å². The van der Waals surface area contributed by atoms with Gasteiger partial charge in [0.2, 0.25) is 11.8 Å². The molecule has 0 saturated heterocycles. The van der Waals surface area contributed by atoms with Crippen LogP contribution in [-0.4, -0.2) is 23.6 Å². The van der Waals surface area contributed by atoms with E-state index in [-0.39, 0.29) is 12.3 Å². The minimum Gasteiger partial charge on any atom is -0.353 e. The Balaban J connectivity index is 2.24. The first-order valence-corrected chi connectivity index (χ1v) is 7.22. The number of amides is 2. The van der Waals surface area contributed by atoms with Crippen LogP contribution < -0.4 is 10.8 Å². The van der Waals surface area contributed by atoms with E-state index < -0.39 is 5.91 Å². The van der Waals surface area contributed by atoms with Gasteiger partial charge in [-0.2, -0.15) is 0 Å². The van der Waals surface area contributed by atoms with Gasteiger partial charge in [0.15, 0.2) is 0 Å². The van der Waals surface area contributed by atoms with Crippen LogP contribution in [0.4, 0.5) is 0 Å². The fourth-order valence-corrected chi connectivity index (χ4v) is 1.72. The largest absolute Gasteiger partial charge is 0.353 e. The number of allylic oxidation sites excluding steroid dienone is 2. The maximum Gasteiger partial charge on any atom is 0.243 e. The summed E-state index contributed by atoms with van der Waals surface area (Å²) in [5, 5.41) is 10.9. The van der Waals surface area contributed by atoms with Gasteiger partial charge in [-0.05, 0) is 24.1 Å². The second-order valence-corrected chi connectivity index (χ2v) is 5.12. The third-order valence-electron chi connectivity index (χ3n) is 2.52. The molecule has 1 aromatic rings. The Hall–Kier alpha value is -1.92. The molecule has 0 saturated carbocycles. The minimum absolute atomic E-state index is 0.171. The summed E-state index contributed by atoms with van der Waals surface area (Å²) in [4.78, 5) is 22.1. The number of hydrogen-bond donors (Lipinski definition) is 3. The highest BCUT2D eigenvalue weighted by atomic mass is 79.9. The van der Waals surface area contributed by atoms with Gasteiger partial charge in [0.1, 0.15) is 0 Å². The number of carbonyl (C=O) groups is 2. The average molecular weight is 353 g/mol. The van der Waals surface area contributed by atoms with Gasteiger partial charge < -0.3 is 5.32 Å². The van der Waals surface area contributed by atoms with E-state index in [0.717, 1.165) is 10.0 Å². The molecule has 1 aromatic carbocycles. The molecule has 0 spiro atoms. The summed E-state index contributed by atoms with van der Waals surface area (Å²) in [6, 6.07) is 7.80. The number of hydrogen-bond acceptors (Lipinski definition) is 3. The number of hydroxylamine groups is 1. The van der Waals surface area contributed by atoms with Gasteiger partial charge in [-0.1, -0.05) is 46.3 Å². The molecule has 0 heterocycles. The monoisotopic (exact) mass is 352 g/mol. The smallest absolute Gasteiger partial charge is 0.243 e. The average Bonchev–Trinajstić information content (AvgIpc) is 2.49. The first-order valence-electron chi connectivity index (χ1n) is 6.43. The van der Waals surface area contributed by atoms with Crippen molar-refractivity contribution >= 4 is 33.8 Å². The maximum atomic E-state index is 11.4. The fourth-order valence-electron chi connectivity index (χ4n) is 1.46. The number of benzene rings is 1. The fraction of sp³-hybridized carbons (Fsp3) is 0.200. The Bertz CT molecular complexity index is 524. The minimum atomic E-state index is -0.461. The molecular weight excluding hydrogens is 336 g/mol. The molecule has 0 atom stereocenters. The summed E-state index contributed by atoms with van der Waals surface area (Å²) >= 11 is 3.36. The lowest BCUT2D eigenvalue weighted by Crippen LogP contribution is -2.24. The lowest BCUT2D eigenvalue weighted by atomic mass is 10.2. The van der Waals surface area contributed by atoms with Crippen molar-refractivity contribution in [3.8, 4) is 0 Å². The Kier molecular flexibility index (Phi) is 8.08. The van der Waals surface area contributed by atoms with Crippen LogP contribution in [0.1, 0.15) is 18.4 Å². The van der Waals surface area contributed by atoms with E-state index in [0.29, 0.717) is 13.0 Å². The standard InChI is InChI=1S/C15H17BrN2O3/c16-13-9-7-12(8-10-13)4-1-2-5-14(19)17-11-3-6-15(20)18-21/h1-2,4-5,7-10,21H,3,6,11H2,(H,17,19)(H,18,20)/b4-1+,5-2+. The summed E-state index contributed by atoms with van der Waals surface area (Å²) in [5.74, 6) is -0.683. The summed E-state index contributed by atoms with van der Waals surface area (Å²) in [6.07, 6.45) is 7.38. The van der Waals surface area contributed by atoms with Crippen LogP contribution >= 0.6 is 15.9 Å². The first kappa shape index (κ1) is 17.1. The van der Waals surface area contributed by atoms with Crippen LogP contribution in [0, 0.1) is 0 Å². The second kappa shape index (κ2) is 9.90. The highest BCUT2D eigenvalue weighted by Crippen LogP contribution is 2.11. The SMILES string of the molecule is O=C(/C=C/C=C/c1ccc(Br)cc1)NCCCC(=O)NO. The molecule has 5 nitrogen and oxygen atoms in total. The van der Waals surface area contributed by atoms with Crippen LogP contribution in [-0.2, 0) is 9.59 Å². The zero-order valence-corrected chi connectivity index (χ0v) is 13.0. The van der Waals surface area contributed by atoms with Gasteiger partial charge >= 0.3 is 0 Å². The molecule has 0 fully saturated rings. The van der Waals surface area contributed by atoms with E-state index in [1.165, 1.54) is 11.6 Å². The molecule has 6 heteroatoms. The van der Waals surface area contributed by atoms with Gasteiger partial charge in [0, 0.05) is 23.5 Å². The highest BCUT2D eigenvalue weighted by molar-refractivity contribution is 9.10. The Labute approximate surface area is 131 Å². The number of nitrogens with one attached hydrogen (secondary N) is 2. The van der Waals surface area contributed by atoms with Crippen LogP contribution in [0.25, 0.3) is 6.08 Å². The van der Waals surface area contributed by atoms with Gasteiger partial charge in [0.25, 0.3) is 0 Å². The molecular formula is C15H17BrN2O3. The van der Waals surface area contributed by atoms with Crippen molar-refractivity contribution in [1.82, 2.24) is 10.8 Å². The number of halogens is 1. The zero-order valence-electron chi connectivity index (χ0n) is 11.4. The lowest BCUT2D eigenvalue weighted by Gasteiger charge is -2.00. The number of carbonyl (C=O) groups excluding carboxylic acids is 2. The zero-order chi connectivity index (χ0) is 15.5. The quantitative estimate of drug-likeness (QED) is 0.232. The summed E-state index contributed by atoms with van der Waals surface area (Å²) in [5.41, 5.74) is 2.58. The van der Waals surface area contributed by atoms with Gasteiger partial charge in [0.05, 0.1) is 0 Å². The van der Waals surface area contributed by atoms with Crippen molar-refractivity contribution in [1.29, 1.82) is 0 Å². The Morgan fingerprint density at radius 2 is 1.90 bits per heavy atom. The highest BCUT2D eigenvalue weighted by Gasteiger charge is 1.99. The first-order chi connectivity index (χ1) is 10.1. The summed E-state index contributed by atoms with van der Waals surface area (Å²) in [7, 11) is 0. The molecule has 0 aliphatic heterocycles. The van der Waals surface area contributed by atoms with Gasteiger partial charge in [-0.25, -0.2) is 5.48 Å². The summed E-state index contributed by atoms with van der Waals surface area (Å²) < 4.78 is 1.02. The van der Waals surface area contributed by atoms with Crippen molar-refractivity contribution in [2.75, 3.05) is 6.54 Å². The molecule has 0 bridgehead atoms. The summed E-state index contributed by atoms with van der Waals surface area (Å²) in [6.45, 7) is 0.382. The third-order valence-corrected chi connectivity index (χ3v) is 3.05. The molecule has 0 unspecified atom stereocenters. The molecule has 3 N–H and O–H groups in total. The van der Waals surface area contributed by atoms with Crippen LogP contribution in [0.2, 0.25) is 0 Å². The molecule has 2 amide bonds. The van der Waals surface area contributed by atoms with Crippen LogP contribution in [0.3, 0.4) is 0 Å². The van der Waals surface area contributed by atoms with E-state index in [1.807, 2.05) is 30.3 Å². The van der Waals surface area contributed by atoms with Gasteiger partial charge in [-0.3, -0.25) is 14.8 Å². The predicted molar refractivity (Wildman–Crippen MR) is 84.5 cm³/mol. The maximum absolute atomic E-state index is 11.4. The molecule has 21 heavy (non-hydrogen) atoms. The molecule has 0 aliphatic carbocycles. The molecule has 1 rings (SSSR count). The van der Waals surface area contributed by atoms with Crippen LogP contribution in [0.15, 0.2) is 47.0 Å². The van der Waals surface area contributed by atoms with E-state index >= 15 is 0 Å². The number of rotatable bonds is 7. The van der Waals surface area contributed by atoms with Crippen molar-refractivity contribution in [2.45, 2.75) is 12.8 Å². The van der Waals surface area contributed by atoms with Crippen molar-refractivity contribution in [3.05, 3.63) is 52.5 Å². The normalized spacial score (nSPS) is 11.0. The molecule has 0 radical (unpaired) electrons. The van der Waals surface area contributed by atoms with Gasteiger partial charge in [-0.15, -0.1) is 0 Å². The third kappa shape index (κ3) is 8.06. The molecule has 0 aromatic heterocycles. The van der Waals surface area contributed by atoms with Crippen LogP contribution in [0.5, 0.6) is 0 Å². The van der Waals surface area contributed by atoms with Crippen molar-refractivity contribution in [2.24, 2.45) is 0 Å². The molecule has 112 valence electrons. The predicted octanol–water partition coefficient (Wildman–Crippen LogP) is 2.42. The van der Waals surface area contributed by atoms with E-state index in [4.69, 9.17) is 5.21 Å². The topological polar surface area (TPSA) is 78.4 Å². The lowest BCUT2D eigenvalue weighted by molar-refractivity contribution is -0.129. The van der Waals surface area contributed by atoms with E-state index in [9.17, 15) is 9.59 Å². The second-order valence-electron chi connectivity index (χ2n) is 4.20.